The molecule has 1 amide bonds. The molecule has 2 aromatic rings. The predicted molar refractivity (Wildman–Crippen MR) is 74.1 cm³/mol. The predicted octanol–water partition coefficient (Wildman–Crippen LogP) is 1.36. The van der Waals surface area contributed by atoms with Crippen LogP contribution in [0.1, 0.15) is 20.9 Å². The van der Waals surface area contributed by atoms with Gasteiger partial charge in [0.1, 0.15) is 0 Å². The molecule has 0 spiro atoms. The Morgan fingerprint density at radius 3 is 2.32 bits per heavy atom. The van der Waals surface area contributed by atoms with E-state index in [9.17, 15) is 4.79 Å². The van der Waals surface area contributed by atoms with Gasteiger partial charge in [-0.3, -0.25) is 4.79 Å². The molecule has 98 valence electrons. The van der Waals surface area contributed by atoms with Gasteiger partial charge in [0, 0.05) is 13.1 Å². The van der Waals surface area contributed by atoms with Crippen LogP contribution in [-0.2, 0) is 12.8 Å². The summed E-state index contributed by atoms with van der Waals surface area (Å²) in [6, 6.07) is 8.35. The van der Waals surface area contributed by atoms with Crippen LogP contribution in [-0.4, -0.2) is 34.1 Å². The highest BCUT2D eigenvalue weighted by molar-refractivity contribution is 7.16. The summed E-state index contributed by atoms with van der Waals surface area (Å²) < 4.78 is 0. The molecule has 0 bridgehead atoms. The van der Waals surface area contributed by atoms with E-state index in [1.165, 1.54) is 11.1 Å². The van der Waals surface area contributed by atoms with E-state index in [2.05, 4.69) is 22.3 Å². The molecule has 1 aromatic heterocycles. The topological polar surface area (TPSA) is 72.1 Å². The van der Waals surface area contributed by atoms with Crippen LogP contribution in [0.3, 0.4) is 0 Å². The minimum absolute atomic E-state index is 0.0676. The first-order valence-corrected chi connectivity index (χ1v) is 7.01. The molecule has 0 unspecified atom stereocenters. The molecule has 0 fully saturated rings. The van der Waals surface area contributed by atoms with Gasteiger partial charge in [0.25, 0.3) is 5.91 Å². The van der Waals surface area contributed by atoms with Gasteiger partial charge in [-0.15, -0.1) is 10.2 Å². The van der Waals surface area contributed by atoms with Crippen LogP contribution in [0.4, 0.5) is 5.13 Å². The Morgan fingerprint density at radius 1 is 1.16 bits per heavy atom. The van der Waals surface area contributed by atoms with E-state index in [1.807, 2.05) is 17.0 Å². The maximum atomic E-state index is 12.3. The maximum absolute atomic E-state index is 12.3. The first kappa shape index (κ1) is 12.1. The number of aromatic nitrogens is 2. The molecule has 19 heavy (non-hydrogen) atoms. The van der Waals surface area contributed by atoms with Gasteiger partial charge in [-0.25, -0.2) is 0 Å². The Hall–Kier alpha value is -1.95. The van der Waals surface area contributed by atoms with Crippen molar-refractivity contribution in [2.45, 2.75) is 12.8 Å². The van der Waals surface area contributed by atoms with Gasteiger partial charge in [0.2, 0.25) is 10.1 Å². The molecule has 2 N–H and O–H groups in total. The van der Waals surface area contributed by atoms with Gasteiger partial charge in [0.15, 0.2) is 0 Å². The molecule has 0 saturated heterocycles. The van der Waals surface area contributed by atoms with Crippen LogP contribution < -0.4 is 5.73 Å². The number of amides is 1. The molecule has 0 aliphatic carbocycles. The van der Waals surface area contributed by atoms with Crippen molar-refractivity contribution in [3.63, 3.8) is 0 Å². The fourth-order valence-corrected chi connectivity index (χ4v) is 2.91. The highest BCUT2D eigenvalue weighted by atomic mass is 32.1. The Bertz CT molecular complexity index is 583. The number of rotatable bonds is 1. The van der Waals surface area contributed by atoms with Crippen molar-refractivity contribution in [3.05, 3.63) is 40.4 Å². The lowest BCUT2D eigenvalue weighted by molar-refractivity contribution is 0.0762. The quantitative estimate of drug-likeness (QED) is 0.852. The zero-order valence-corrected chi connectivity index (χ0v) is 11.2. The maximum Gasteiger partial charge on any atom is 0.284 e. The lowest BCUT2D eigenvalue weighted by Gasteiger charge is -2.18. The van der Waals surface area contributed by atoms with Gasteiger partial charge < -0.3 is 10.6 Å². The van der Waals surface area contributed by atoms with E-state index in [-0.39, 0.29) is 5.91 Å². The average molecular weight is 274 g/mol. The van der Waals surface area contributed by atoms with Crippen molar-refractivity contribution < 1.29 is 4.79 Å². The van der Waals surface area contributed by atoms with E-state index in [1.54, 1.807) is 0 Å². The third-order valence-electron chi connectivity index (χ3n) is 3.33. The summed E-state index contributed by atoms with van der Waals surface area (Å²) in [5.74, 6) is -0.0676. The van der Waals surface area contributed by atoms with Crippen LogP contribution in [0.5, 0.6) is 0 Å². The first-order valence-electron chi connectivity index (χ1n) is 6.19. The largest absolute Gasteiger partial charge is 0.374 e. The van der Waals surface area contributed by atoms with E-state index in [4.69, 9.17) is 5.73 Å². The summed E-state index contributed by atoms with van der Waals surface area (Å²) in [6.07, 6.45) is 1.77. The van der Waals surface area contributed by atoms with Gasteiger partial charge in [-0.05, 0) is 24.0 Å². The highest BCUT2D eigenvalue weighted by Gasteiger charge is 2.22. The molecule has 1 aromatic carbocycles. The zero-order valence-electron chi connectivity index (χ0n) is 10.4. The minimum Gasteiger partial charge on any atom is -0.374 e. The van der Waals surface area contributed by atoms with Crippen molar-refractivity contribution in [2.75, 3.05) is 18.8 Å². The van der Waals surface area contributed by atoms with E-state index < -0.39 is 0 Å². The summed E-state index contributed by atoms with van der Waals surface area (Å²) in [5.41, 5.74) is 8.18. The third kappa shape index (κ3) is 2.44. The molecule has 0 radical (unpaired) electrons. The normalized spacial score (nSPS) is 14.8. The Kier molecular flexibility index (Phi) is 3.16. The Labute approximate surface area is 115 Å². The molecule has 0 atom stereocenters. The van der Waals surface area contributed by atoms with Gasteiger partial charge in [-0.1, -0.05) is 35.6 Å². The zero-order chi connectivity index (χ0) is 13.2. The number of hydrogen-bond donors (Lipinski definition) is 1. The highest BCUT2D eigenvalue weighted by Crippen LogP contribution is 2.19. The van der Waals surface area contributed by atoms with Gasteiger partial charge in [0.05, 0.1) is 0 Å². The standard InChI is InChI=1S/C13H14N4OS/c14-13-16-15-11(19-13)12(18)17-7-5-9-3-1-2-4-10(9)6-8-17/h1-4H,5-8H2,(H2,14,16). The lowest BCUT2D eigenvalue weighted by atomic mass is 10.0. The van der Waals surface area contributed by atoms with E-state index >= 15 is 0 Å². The Morgan fingerprint density at radius 2 is 1.79 bits per heavy atom. The molecule has 2 heterocycles. The van der Waals surface area contributed by atoms with Crippen LogP contribution in [0, 0.1) is 0 Å². The first-order chi connectivity index (χ1) is 9.24. The number of carbonyl (C=O) groups is 1. The average Bonchev–Trinajstić information content (AvgIpc) is 2.74. The minimum atomic E-state index is -0.0676. The molecule has 0 saturated carbocycles. The van der Waals surface area contributed by atoms with E-state index in [0.717, 1.165) is 37.3 Å². The van der Waals surface area contributed by atoms with Crippen molar-refractivity contribution in [3.8, 4) is 0 Å². The molecule has 6 heteroatoms. The molecule has 5 nitrogen and oxygen atoms in total. The summed E-state index contributed by atoms with van der Waals surface area (Å²) in [6.45, 7) is 1.44. The Balaban J connectivity index is 1.77. The summed E-state index contributed by atoms with van der Waals surface area (Å²) >= 11 is 1.14. The second kappa shape index (κ2) is 4.97. The third-order valence-corrected chi connectivity index (χ3v) is 4.07. The van der Waals surface area contributed by atoms with Crippen LogP contribution in [0.25, 0.3) is 0 Å². The van der Waals surface area contributed by atoms with Gasteiger partial charge in [-0.2, -0.15) is 0 Å². The molecular weight excluding hydrogens is 260 g/mol. The monoisotopic (exact) mass is 274 g/mol. The molecule has 1 aliphatic heterocycles. The van der Waals surface area contributed by atoms with Crippen molar-refractivity contribution in [1.29, 1.82) is 0 Å². The fraction of sp³-hybridized carbons (Fsp3) is 0.308. The summed E-state index contributed by atoms with van der Waals surface area (Å²) in [5, 5.41) is 8.23. The SMILES string of the molecule is Nc1nnc(C(=O)N2CCc3ccccc3CC2)s1. The number of hydrogen-bond acceptors (Lipinski definition) is 5. The molecule has 1 aliphatic rings. The fourth-order valence-electron chi connectivity index (χ4n) is 2.33. The van der Waals surface area contributed by atoms with Crippen LogP contribution in [0.15, 0.2) is 24.3 Å². The summed E-state index contributed by atoms with van der Waals surface area (Å²) in [4.78, 5) is 14.1. The molecule has 3 rings (SSSR count). The number of nitrogen functional groups attached to an aromatic ring is 1. The van der Waals surface area contributed by atoms with Crippen LogP contribution in [0.2, 0.25) is 0 Å². The van der Waals surface area contributed by atoms with E-state index in [0.29, 0.717) is 10.1 Å². The smallest absolute Gasteiger partial charge is 0.284 e. The second-order valence-corrected chi connectivity index (χ2v) is 5.52. The number of anilines is 1. The van der Waals surface area contributed by atoms with Crippen molar-refractivity contribution >= 4 is 22.4 Å². The second-order valence-electron chi connectivity index (χ2n) is 4.51. The van der Waals surface area contributed by atoms with Crippen molar-refractivity contribution in [2.24, 2.45) is 0 Å². The number of nitrogens with zero attached hydrogens (tertiary/aromatic N) is 3. The van der Waals surface area contributed by atoms with Gasteiger partial charge >= 0.3 is 0 Å². The number of fused-ring (bicyclic) bond motifs is 1. The number of nitrogens with two attached hydrogens (primary N) is 1. The summed E-state index contributed by atoms with van der Waals surface area (Å²) in [7, 11) is 0. The van der Waals surface area contributed by atoms with Crippen molar-refractivity contribution in [1.82, 2.24) is 15.1 Å². The number of carbonyl (C=O) groups excluding carboxylic acids is 1. The lowest BCUT2D eigenvalue weighted by Crippen LogP contribution is -2.33. The molecular formula is C13H14N4OS. The number of benzene rings is 1. The van der Waals surface area contributed by atoms with Crippen LogP contribution >= 0.6 is 11.3 Å².